The predicted molar refractivity (Wildman–Crippen MR) is 56.0 cm³/mol. The van der Waals surface area contributed by atoms with Crippen LogP contribution >= 0.6 is 0 Å². The highest BCUT2D eigenvalue weighted by Gasteiger charge is 2.25. The molecule has 6 heteroatoms. The zero-order chi connectivity index (χ0) is 11.4. The summed E-state index contributed by atoms with van der Waals surface area (Å²) in [5.41, 5.74) is 0. The molecule has 0 saturated carbocycles. The fourth-order valence-corrected chi connectivity index (χ4v) is 1.73. The molecule has 2 heterocycles. The van der Waals surface area contributed by atoms with E-state index in [0.29, 0.717) is 13.2 Å². The number of carboxylic acids is 1. The fourth-order valence-electron chi connectivity index (χ4n) is 1.73. The quantitative estimate of drug-likeness (QED) is 0.760. The van der Waals surface area contributed by atoms with E-state index in [2.05, 4.69) is 10.00 Å². The third-order valence-corrected chi connectivity index (χ3v) is 2.63. The van der Waals surface area contributed by atoms with Gasteiger partial charge in [0.15, 0.2) is 6.10 Å². The first-order chi connectivity index (χ1) is 7.75. The van der Waals surface area contributed by atoms with Crippen molar-refractivity contribution in [2.24, 2.45) is 0 Å². The van der Waals surface area contributed by atoms with Crippen LogP contribution in [0.5, 0.6) is 0 Å². The topological polar surface area (TPSA) is 67.6 Å². The third kappa shape index (κ3) is 2.80. The molecule has 1 aromatic heterocycles. The Morgan fingerprint density at radius 2 is 2.44 bits per heavy atom. The maximum atomic E-state index is 10.8. The van der Waals surface area contributed by atoms with Gasteiger partial charge < -0.3 is 9.84 Å². The number of ether oxygens (including phenoxy) is 1. The van der Waals surface area contributed by atoms with Crippen molar-refractivity contribution >= 4 is 5.97 Å². The van der Waals surface area contributed by atoms with Gasteiger partial charge in [-0.05, 0) is 6.07 Å². The average molecular weight is 225 g/mol. The van der Waals surface area contributed by atoms with Gasteiger partial charge >= 0.3 is 5.97 Å². The van der Waals surface area contributed by atoms with Crippen LogP contribution in [-0.2, 0) is 16.1 Å². The standard InChI is InChI=1S/C10H15N3O3/c14-10(15)9-8-12(6-7-16-9)4-5-13-3-1-2-11-13/h1-3,9H,4-8H2,(H,14,15). The second-order valence-corrected chi connectivity index (χ2v) is 3.77. The smallest absolute Gasteiger partial charge is 0.334 e. The van der Waals surface area contributed by atoms with Gasteiger partial charge in [-0.2, -0.15) is 5.10 Å². The Morgan fingerprint density at radius 3 is 3.12 bits per heavy atom. The van der Waals surface area contributed by atoms with Crippen molar-refractivity contribution in [3.63, 3.8) is 0 Å². The van der Waals surface area contributed by atoms with Crippen molar-refractivity contribution in [1.29, 1.82) is 0 Å². The van der Waals surface area contributed by atoms with Crippen molar-refractivity contribution in [3.05, 3.63) is 18.5 Å². The molecule has 1 aliphatic rings. The van der Waals surface area contributed by atoms with E-state index in [-0.39, 0.29) is 0 Å². The summed E-state index contributed by atoms with van der Waals surface area (Å²) in [5, 5.41) is 12.9. The molecular weight excluding hydrogens is 210 g/mol. The first kappa shape index (κ1) is 11.1. The van der Waals surface area contributed by atoms with Gasteiger partial charge in [0.05, 0.1) is 13.2 Å². The minimum absolute atomic E-state index is 0.455. The molecule has 1 unspecified atom stereocenters. The van der Waals surface area contributed by atoms with Crippen LogP contribution in [0.15, 0.2) is 18.5 Å². The van der Waals surface area contributed by atoms with Gasteiger partial charge in [0, 0.05) is 32.0 Å². The Hall–Kier alpha value is -1.40. The molecule has 88 valence electrons. The zero-order valence-corrected chi connectivity index (χ0v) is 8.95. The molecule has 1 aromatic rings. The molecule has 1 atom stereocenters. The van der Waals surface area contributed by atoms with Gasteiger partial charge in [0.2, 0.25) is 0 Å². The number of rotatable bonds is 4. The van der Waals surface area contributed by atoms with Gasteiger partial charge in [-0.3, -0.25) is 9.58 Å². The normalized spacial score (nSPS) is 22.1. The van der Waals surface area contributed by atoms with E-state index >= 15 is 0 Å². The second kappa shape index (κ2) is 5.09. The summed E-state index contributed by atoms with van der Waals surface area (Å²) in [4.78, 5) is 12.9. The van der Waals surface area contributed by atoms with Gasteiger partial charge in [0.25, 0.3) is 0 Å². The van der Waals surface area contributed by atoms with Crippen LogP contribution in [-0.4, -0.2) is 58.1 Å². The monoisotopic (exact) mass is 225 g/mol. The number of morpholine rings is 1. The van der Waals surface area contributed by atoms with E-state index in [1.54, 1.807) is 6.20 Å². The predicted octanol–water partition coefficient (Wildman–Crippen LogP) is -0.332. The SMILES string of the molecule is O=C(O)C1CN(CCn2cccn2)CCO1. The van der Waals surface area contributed by atoms with Crippen LogP contribution in [0.25, 0.3) is 0 Å². The van der Waals surface area contributed by atoms with E-state index in [1.165, 1.54) is 0 Å². The van der Waals surface area contributed by atoms with Crippen LogP contribution in [0.1, 0.15) is 0 Å². The van der Waals surface area contributed by atoms with Crippen molar-refractivity contribution in [2.45, 2.75) is 12.6 Å². The van der Waals surface area contributed by atoms with Crippen molar-refractivity contribution < 1.29 is 14.6 Å². The summed E-state index contributed by atoms with van der Waals surface area (Å²) in [6.45, 7) is 3.30. The molecule has 1 N–H and O–H groups in total. The zero-order valence-electron chi connectivity index (χ0n) is 8.95. The second-order valence-electron chi connectivity index (χ2n) is 3.77. The first-order valence-corrected chi connectivity index (χ1v) is 5.30. The number of aromatic nitrogens is 2. The molecule has 1 aliphatic heterocycles. The summed E-state index contributed by atoms with van der Waals surface area (Å²) in [5.74, 6) is -0.885. The van der Waals surface area contributed by atoms with Crippen molar-refractivity contribution in [3.8, 4) is 0 Å². The lowest BCUT2D eigenvalue weighted by molar-refractivity contribution is -0.156. The molecule has 0 amide bonds. The Balaban J connectivity index is 1.79. The lowest BCUT2D eigenvalue weighted by Gasteiger charge is -2.30. The van der Waals surface area contributed by atoms with Crippen LogP contribution in [0, 0.1) is 0 Å². The molecule has 0 spiro atoms. The lowest BCUT2D eigenvalue weighted by Crippen LogP contribution is -2.46. The van der Waals surface area contributed by atoms with E-state index in [1.807, 2.05) is 16.9 Å². The van der Waals surface area contributed by atoms with Gasteiger partial charge in [-0.25, -0.2) is 4.79 Å². The maximum absolute atomic E-state index is 10.8. The van der Waals surface area contributed by atoms with Gasteiger partial charge in [-0.15, -0.1) is 0 Å². The van der Waals surface area contributed by atoms with E-state index in [4.69, 9.17) is 9.84 Å². The number of hydrogen-bond acceptors (Lipinski definition) is 4. The summed E-state index contributed by atoms with van der Waals surface area (Å²) < 4.78 is 6.98. The van der Waals surface area contributed by atoms with Crippen LogP contribution in [0.4, 0.5) is 0 Å². The van der Waals surface area contributed by atoms with Crippen LogP contribution < -0.4 is 0 Å². The maximum Gasteiger partial charge on any atom is 0.334 e. The molecule has 0 aromatic carbocycles. The molecule has 0 bridgehead atoms. The minimum Gasteiger partial charge on any atom is -0.479 e. The molecule has 0 radical (unpaired) electrons. The number of carboxylic acid groups (broad SMARTS) is 1. The molecule has 6 nitrogen and oxygen atoms in total. The van der Waals surface area contributed by atoms with E-state index in [0.717, 1.165) is 19.6 Å². The largest absolute Gasteiger partial charge is 0.479 e. The summed E-state index contributed by atoms with van der Waals surface area (Å²) in [6, 6.07) is 1.87. The lowest BCUT2D eigenvalue weighted by atomic mass is 10.3. The number of hydrogen-bond donors (Lipinski definition) is 1. The number of carbonyl (C=O) groups is 1. The highest BCUT2D eigenvalue weighted by molar-refractivity contribution is 5.72. The van der Waals surface area contributed by atoms with Crippen molar-refractivity contribution in [1.82, 2.24) is 14.7 Å². The molecule has 16 heavy (non-hydrogen) atoms. The van der Waals surface area contributed by atoms with E-state index < -0.39 is 12.1 Å². The van der Waals surface area contributed by atoms with Crippen molar-refractivity contribution in [2.75, 3.05) is 26.2 Å². The Labute approximate surface area is 93.4 Å². The highest BCUT2D eigenvalue weighted by atomic mass is 16.5. The van der Waals surface area contributed by atoms with E-state index in [9.17, 15) is 4.79 Å². The fraction of sp³-hybridized carbons (Fsp3) is 0.600. The third-order valence-electron chi connectivity index (χ3n) is 2.63. The Bertz CT molecular complexity index is 339. The highest BCUT2D eigenvalue weighted by Crippen LogP contribution is 2.05. The molecule has 2 rings (SSSR count). The Morgan fingerprint density at radius 1 is 1.56 bits per heavy atom. The summed E-state index contributed by atoms with van der Waals surface area (Å²) >= 11 is 0. The molecular formula is C10H15N3O3. The summed E-state index contributed by atoms with van der Waals surface area (Å²) in [6.07, 6.45) is 2.94. The Kier molecular flexibility index (Phi) is 3.53. The average Bonchev–Trinajstić information content (AvgIpc) is 2.79. The first-order valence-electron chi connectivity index (χ1n) is 5.30. The number of nitrogens with zero attached hydrogens (tertiary/aromatic N) is 3. The minimum atomic E-state index is -0.885. The number of aliphatic carboxylic acids is 1. The molecule has 0 aliphatic carbocycles. The molecule has 1 fully saturated rings. The van der Waals surface area contributed by atoms with Gasteiger partial charge in [-0.1, -0.05) is 0 Å². The van der Waals surface area contributed by atoms with Gasteiger partial charge in [0.1, 0.15) is 0 Å². The van der Waals surface area contributed by atoms with Crippen LogP contribution in [0.2, 0.25) is 0 Å². The summed E-state index contributed by atoms with van der Waals surface area (Å²) in [7, 11) is 0. The van der Waals surface area contributed by atoms with Crippen LogP contribution in [0.3, 0.4) is 0 Å². The molecule has 1 saturated heterocycles.